The van der Waals surface area contributed by atoms with E-state index in [4.69, 9.17) is 9.52 Å². The quantitative estimate of drug-likeness (QED) is 0.767. The molecule has 0 amide bonds. The summed E-state index contributed by atoms with van der Waals surface area (Å²) in [6.45, 7) is 2.99. The van der Waals surface area contributed by atoms with E-state index in [0.717, 1.165) is 0 Å². The minimum atomic E-state index is -1.16. The van der Waals surface area contributed by atoms with Gasteiger partial charge in [0.05, 0.1) is 7.11 Å². The third-order valence-corrected chi connectivity index (χ3v) is 2.14. The van der Waals surface area contributed by atoms with Gasteiger partial charge in [0.25, 0.3) is 0 Å². The first-order chi connectivity index (χ1) is 6.89. The summed E-state index contributed by atoms with van der Waals surface area (Å²) in [6, 6.07) is 2.85. The summed E-state index contributed by atoms with van der Waals surface area (Å²) in [6.07, 6.45) is 0. The third-order valence-electron chi connectivity index (χ3n) is 2.14. The van der Waals surface area contributed by atoms with Gasteiger partial charge in [0.2, 0.25) is 5.76 Å². The summed E-state index contributed by atoms with van der Waals surface area (Å²) in [5.41, 5.74) is -1.16. The zero-order valence-electron chi connectivity index (χ0n) is 8.73. The Balaban J connectivity index is 3.04. The zero-order chi connectivity index (χ0) is 11.6. The SMILES string of the molecule is COC(=O)c1ccc(C(C)(C)C(=O)O)o1. The van der Waals surface area contributed by atoms with E-state index in [0.29, 0.717) is 0 Å². The highest BCUT2D eigenvalue weighted by atomic mass is 16.5. The number of esters is 1. The number of hydrogen-bond acceptors (Lipinski definition) is 4. The van der Waals surface area contributed by atoms with Crippen LogP contribution in [-0.2, 0) is 14.9 Å². The first kappa shape index (κ1) is 11.3. The van der Waals surface area contributed by atoms with Crippen LogP contribution >= 0.6 is 0 Å². The van der Waals surface area contributed by atoms with Crippen LogP contribution in [0.5, 0.6) is 0 Å². The fraction of sp³-hybridized carbons (Fsp3) is 0.400. The van der Waals surface area contributed by atoms with Crippen LogP contribution in [0.15, 0.2) is 16.5 Å². The van der Waals surface area contributed by atoms with Crippen molar-refractivity contribution in [1.82, 2.24) is 0 Å². The van der Waals surface area contributed by atoms with Crippen LogP contribution in [0, 0.1) is 0 Å². The van der Waals surface area contributed by atoms with Gasteiger partial charge in [-0.2, -0.15) is 0 Å². The van der Waals surface area contributed by atoms with Gasteiger partial charge in [0.1, 0.15) is 11.2 Å². The summed E-state index contributed by atoms with van der Waals surface area (Å²) < 4.78 is 9.55. The summed E-state index contributed by atoms with van der Waals surface area (Å²) in [5.74, 6) is -1.42. The fourth-order valence-electron chi connectivity index (χ4n) is 0.989. The summed E-state index contributed by atoms with van der Waals surface area (Å²) in [5, 5.41) is 8.92. The number of carboxylic acid groups (broad SMARTS) is 1. The van der Waals surface area contributed by atoms with E-state index in [-0.39, 0.29) is 11.5 Å². The third kappa shape index (κ3) is 2.01. The second-order valence-corrected chi connectivity index (χ2v) is 3.59. The normalized spacial score (nSPS) is 11.1. The lowest BCUT2D eigenvalue weighted by Gasteiger charge is -2.15. The van der Waals surface area contributed by atoms with Crippen LogP contribution in [0.25, 0.3) is 0 Å². The number of ether oxygens (including phenoxy) is 1. The number of methoxy groups -OCH3 is 1. The molecule has 0 aliphatic carbocycles. The summed E-state index contributed by atoms with van der Waals surface area (Å²) in [7, 11) is 1.23. The molecule has 5 heteroatoms. The largest absolute Gasteiger partial charge is 0.481 e. The Hall–Kier alpha value is -1.78. The van der Waals surface area contributed by atoms with E-state index in [2.05, 4.69) is 4.74 Å². The second-order valence-electron chi connectivity index (χ2n) is 3.59. The lowest BCUT2D eigenvalue weighted by molar-refractivity contribution is -0.143. The van der Waals surface area contributed by atoms with Crippen LogP contribution < -0.4 is 0 Å². The highest BCUT2D eigenvalue weighted by Gasteiger charge is 2.33. The lowest BCUT2D eigenvalue weighted by Crippen LogP contribution is -2.27. The molecule has 0 bridgehead atoms. The van der Waals surface area contributed by atoms with Crippen molar-refractivity contribution in [3.05, 3.63) is 23.7 Å². The van der Waals surface area contributed by atoms with Gasteiger partial charge >= 0.3 is 11.9 Å². The van der Waals surface area contributed by atoms with Crippen molar-refractivity contribution in [2.45, 2.75) is 19.3 Å². The molecule has 0 saturated carbocycles. The maximum atomic E-state index is 11.1. The number of aliphatic carboxylic acids is 1. The van der Waals surface area contributed by atoms with Crippen molar-refractivity contribution in [2.75, 3.05) is 7.11 Å². The molecule has 1 rings (SSSR count). The molecule has 0 atom stereocenters. The Morgan fingerprint density at radius 2 is 2.00 bits per heavy atom. The van der Waals surface area contributed by atoms with E-state index in [1.54, 1.807) is 0 Å². The highest BCUT2D eigenvalue weighted by Crippen LogP contribution is 2.25. The van der Waals surface area contributed by atoms with Crippen molar-refractivity contribution in [1.29, 1.82) is 0 Å². The molecule has 1 aromatic heterocycles. The van der Waals surface area contributed by atoms with Crippen molar-refractivity contribution in [3.8, 4) is 0 Å². The predicted octanol–water partition coefficient (Wildman–Crippen LogP) is 1.43. The minimum absolute atomic E-state index is 0.00169. The molecule has 15 heavy (non-hydrogen) atoms. The van der Waals surface area contributed by atoms with Gasteiger partial charge < -0.3 is 14.3 Å². The monoisotopic (exact) mass is 212 g/mol. The van der Waals surface area contributed by atoms with Gasteiger partial charge in [-0.15, -0.1) is 0 Å². The van der Waals surface area contributed by atoms with Gasteiger partial charge in [-0.1, -0.05) is 0 Å². The zero-order valence-corrected chi connectivity index (χ0v) is 8.73. The molecule has 0 aromatic carbocycles. The number of carboxylic acids is 1. The molecule has 0 unspecified atom stereocenters. The number of furan rings is 1. The Morgan fingerprint density at radius 1 is 1.40 bits per heavy atom. The predicted molar refractivity (Wildman–Crippen MR) is 50.7 cm³/mol. The summed E-state index contributed by atoms with van der Waals surface area (Å²) >= 11 is 0. The van der Waals surface area contributed by atoms with Crippen molar-refractivity contribution in [3.63, 3.8) is 0 Å². The molecule has 1 aromatic rings. The molecule has 0 saturated heterocycles. The standard InChI is InChI=1S/C10H12O5/c1-10(2,9(12)13)7-5-4-6(15-7)8(11)14-3/h4-5H,1-3H3,(H,12,13). The van der Waals surface area contributed by atoms with E-state index in [1.165, 1.54) is 33.1 Å². The van der Waals surface area contributed by atoms with Crippen molar-refractivity contribution >= 4 is 11.9 Å². The molecule has 0 aliphatic rings. The Bertz CT molecular complexity index is 388. The van der Waals surface area contributed by atoms with Gasteiger partial charge in [-0.25, -0.2) is 4.79 Å². The molecule has 0 aliphatic heterocycles. The second kappa shape index (κ2) is 3.76. The van der Waals surface area contributed by atoms with Crippen molar-refractivity contribution < 1.29 is 23.8 Å². The highest BCUT2D eigenvalue weighted by molar-refractivity contribution is 5.86. The maximum Gasteiger partial charge on any atom is 0.373 e. The van der Waals surface area contributed by atoms with Crippen LogP contribution in [-0.4, -0.2) is 24.2 Å². The number of rotatable bonds is 3. The van der Waals surface area contributed by atoms with Crippen LogP contribution in [0.4, 0.5) is 0 Å². The minimum Gasteiger partial charge on any atom is -0.481 e. The van der Waals surface area contributed by atoms with Crippen molar-refractivity contribution in [2.24, 2.45) is 0 Å². The van der Waals surface area contributed by atoms with Crippen LogP contribution in [0.3, 0.4) is 0 Å². The maximum absolute atomic E-state index is 11.1. The smallest absolute Gasteiger partial charge is 0.373 e. The van der Waals surface area contributed by atoms with E-state index in [9.17, 15) is 9.59 Å². The number of carbonyl (C=O) groups excluding carboxylic acids is 1. The average molecular weight is 212 g/mol. The van der Waals surface area contributed by atoms with E-state index >= 15 is 0 Å². The van der Waals surface area contributed by atoms with E-state index in [1.807, 2.05) is 0 Å². The van der Waals surface area contributed by atoms with Gasteiger partial charge in [0, 0.05) is 0 Å². The Kier molecular flexibility index (Phi) is 2.83. The van der Waals surface area contributed by atoms with E-state index < -0.39 is 17.4 Å². The molecule has 1 heterocycles. The topological polar surface area (TPSA) is 76.7 Å². The molecule has 1 N–H and O–H groups in total. The average Bonchev–Trinajstić information content (AvgIpc) is 2.65. The van der Waals surface area contributed by atoms with Gasteiger partial charge in [-0.05, 0) is 26.0 Å². The molecular weight excluding hydrogens is 200 g/mol. The van der Waals surface area contributed by atoms with Crippen LogP contribution in [0.1, 0.15) is 30.2 Å². The number of carbonyl (C=O) groups is 2. The molecule has 5 nitrogen and oxygen atoms in total. The molecular formula is C10H12O5. The number of hydrogen-bond donors (Lipinski definition) is 1. The molecule has 0 spiro atoms. The first-order valence-corrected chi connectivity index (χ1v) is 4.31. The fourth-order valence-corrected chi connectivity index (χ4v) is 0.989. The lowest BCUT2D eigenvalue weighted by atomic mass is 9.91. The Morgan fingerprint density at radius 3 is 2.47 bits per heavy atom. The molecule has 0 radical (unpaired) electrons. The molecule has 0 fully saturated rings. The van der Waals surface area contributed by atoms with Crippen LogP contribution in [0.2, 0.25) is 0 Å². The van der Waals surface area contributed by atoms with Gasteiger partial charge in [-0.3, -0.25) is 4.79 Å². The Labute approximate surface area is 86.6 Å². The first-order valence-electron chi connectivity index (χ1n) is 4.31. The summed E-state index contributed by atoms with van der Waals surface area (Å²) in [4.78, 5) is 22.0. The molecule has 82 valence electrons. The van der Waals surface area contributed by atoms with Gasteiger partial charge in [0.15, 0.2) is 0 Å².